The fourth-order valence-corrected chi connectivity index (χ4v) is 3.07. The minimum Gasteiger partial charge on any atom is -0.494 e. The molecule has 2 rings (SSSR count). The number of carbonyl (C=O) groups is 1. The van der Waals surface area contributed by atoms with Crippen molar-refractivity contribution in [3.05, 3.63) is 65.7 Å². The summed E-state index contributed by atoms with van der Waals surface area (Å²) in [6.45, 7) is 3.23. The second-order valence-electron chi connectivity index (χ2n) is 5.71. The van der Waals surface area contributed by atoms with Crippen molar-refractivity contribution in [1.82, 2.24) is 5.32 Å². The first-order chi connectivity index (χ1) is 12.2. The molecule has 25 heavy (non-hydrogen) atoms. The van der Waals surface area contributed by atoms with E-state index in [0.717, 1.165) is 23.3 Å². The molecule has 0 fully saturated rings. The maximum Gasteiger partial charge on any atom is 0.230 e. The van der Waals surface area contributed by atoms with Gasteiger partial charge in [0.25, 0.3) is 0 Å². The highest BCUT2D eigenvalue weighted by atomic mass is 32.2. The van der Waals surface area contributed by atoms with Crippen LogP contribution in [0.2, 0.25) is 0 Å². The smallest absolute Gasteiger partial charge is 0.230 e. The number of carbonyl (C=O) groups excluding carboxylic acids is 1. The third-order valence-corrected chi connectivity index (χ3v) is 4.57. The molecule has 2 aromatic carbocycles. The number of thioether (sulfide) groups is 1. The monoisotopic (exact) mass is 359 g/mol. The van der Waals surface area contributed by atoms with Crippen LogP contribution in [0.4, 0.5) is 0 Å². The van der Waals surface area contributed by atoms with Crippen LogP contribution in [-0.4, -0.2) is 29.1 Å². The van der Waals surface area contributed by atoms with E-state index in [2.05, 4.69) is 12.2 Å². The maximum absolute atomic E-state index is 11.9. The van der Waals surface area contributed by atoms with Gasteiger partial charge in [-0.15, -0.1) is 11.8 Å². The number of nitrogens with one attached hydrogen (secondary N) is 1. The molecule has 0 saturated heterocycles. The molecule has 0 aliphatic rings. The zero-order chi connectivity index (χ0) is 17.9. The molecule has 0 heterocycles. The van der Waals surface area contributed by atoms with Gasteiger partial charge < -0.3 is 15.2 Å². The quantitative estimate of drug-likeness (QED) is 0.681. The zero-order valence-electron chi connectivity index (χ0n) is 14.5. The van der Waals surface area contributed by atoms with Crippen molar-refractivity contribution < 1.29 is 14.6 Å². The van der Waals surface area contributed by atoms with E-state index in [0.29, 0.717) is 24.7 Å². The summed E-state index contributed by atoms with van der Waals surface area (Å²) in [5.41, 5.74) is 1.88. The van der Waals surface area contributed by atoms with Crippen LogP contribution >= 0.6 is 11.8 Å². The van der Waals surface area contributed by atoms with Crippen molar-refractivity contribution in [2.75, 3.05) is 18.1 Å². The van der Waals surface area contributed by atoms with Crippen LogP contribution in [0.5, 0.6) is 5.75 Å². The minimum atomic E-state index is -0.550. The molecule has 0 aliphatic heterocycles. The highest BCUT2D eigenvalue weighted by Gasteiger charge is 2.09. The lowest BCUT2D eigenvalue weighted by atomic mass is 10.1. The first-order valence-electron chi connectivity index (χ1n) is 8.48. The zero-order valence-corrected chi connectivity index (χ0v) is 15.3. The summed E-state index contributed by atoms with van der Waals surface area (Å²) < 4.78 is 5.59. The molecule has 0 radical (unpaired) electrons. The molecular formula is C20H25NO3S. The largest absolute Gasteiger partial charge is 0.494 e. The Kier molecular flexibility index (Phi) is 8.35. The Morgan fingerprint density at radius 1 is 1.20 bits per heavy atom. The van der Waals surface area contributed by atoms with Crippen LogP contribution in [0.25, 0.3) is 0 Å². The Morgan fingerprint density at radius 2 is 2.00 bits per heavy atom. The summed E-state index contributed by atoms with van der Waals surface area (Å²) >= 11 is 1.43. The first kappa shape index (κ1) is 19.3. The topological polar surface area (TPSA) is 58.6 Å². The number of hydrogen-bond donors (Lipinski definition) is 2. The van der Waals surface area contributed by atoms with Gasteiger partial charge in [0.05, 0.1) is 18.5 Å². The van der Waals surface area contributed by atoms with Crippen LogP contribution < -0.4 is 10.1 Å². The Morgan fingerprint density at radius 3 is 2.76 bits per heavy atom. The van der Waals surface area contributed by atoms with Crippen molar-refractivity contribution >= 4 is 17.7 Å². The van der Waals surface area contributed by atoms with Crippen molar-refractivity contribution in [2.24, 2.45) is 0 Å². The Hall–Kier alpha value is -1.98. The third kappa shape index (κ3) is 7.20. The molecule has 0 aliphatic carbocycles. The van der Waals surface area contributed by atoms with Gasteiger partial charge in [0.2, 0.25) is 5.91 Å². The van der Waals surface area contributed by atoms with Crippen molar-refractivity contribution in [1.29, 1.82) is 0 Å². The number of aliphatic hydroxyl groups excluding tert-OH is 1. The maximum atomic E-state index is 11.9. The molecule has 0 spiro atoms. The van der Waals surface area contributed by atoms with Crippen molar-refractivity contribution in [2.45, 2.75) is 26.0 Å². The van der Waals surface area contributed by atoms with Gasteiger partial charge in [0.1, 0.15) is 5.75 Å². The van der Waals surface area contributed by atoms with E-state index >= 15 is 0 Å². The van der Waals surface area contributed by atoms with E-state index in [1.807, 2.05) is 54.6 Å². The van der Waals surface area contributed by atoms with Gasteiger partial charge in [0, 0.05) is 12.3 Å². The standard InChI is InChI=1S/C20H25NO3S/c1-2-11-24-18-10-6-7-16(12-18)13-21-20(23)15-25-14-19(22)17-8-4-3-5-9-17/h3-10,12,19,22H,2,11,13-15H2,1H3,(H,21,23). The molecule has 0 bridgehead atoms. The molecule has 4 nitrogen and oxygen atoms in total. The first-order valence-corrected chi connectivity index (χ1v) is 9.63. The van der Waals surface area contributed by atoms with Gasteiger partial charge >= 0.3 is 0 Å². The molecule has 0 saturated carbocycles. The molecule has 1 amide bonds. The van der Waals surface area contributed by atoms with E-state index in [1.165, 1.54) is 11.8 Å². The highest BCUT2D eigenvalue weighted by Crippen LogP contribution is 2.18. The molecule has 2 aromatic rings. The van der Waals surface area contributed by atoms with Gasteiger partial charge in [0.15, 0.2) is 0 Å². The van der Waals surface area contributed by atoms with Crippen molar-refractivity contribution in [3.8, 4) is 5.75 Å². The molecule has 0 aromatic heterocycles. The Bertz CT molecular complexity index is 648. The average Bonchev–Trinajstić information content (AvgIpc) is 2.65. The number of hydrogen-bond acceptors (Lipinski definition) is 4. The predicted octanol–water partition coefficient (Wildman–Crippen LogP) is 3.56. The lowest BCUT2D eigenvalue weighted by Gasteiger charge is -2.11. The average molecular weight is 359 g/mol. The van der Waals surface area contributed by atoms with E-state index < -0.39 is 6.10 Å². The van der Waals surface area contributed by atoms with Crippen LogP contribution in [0.15, 0.2) is 54.6 Å². The van der Waals surface area contributed by atoms with Crippen LogP contribution in [0, 0.1) is 0 Å². The number of benzene rings is 2. The van der Waals surface area contributed by atoms with Crippen LogP contribution in [0.1, 0.15) is 30.6 Å². The second-order valence-corrected chi connectivity index (χ2v) is 6.74. The summed E-state index contributed by atoms with van der Waals surface area (Å²) in [6, 6.07) is 17.2. The van der Waals surface area contributed by atoms with Crippen molar-refractivity contribution in [3.63, 3.8) is 0 Å². The molecule has 1 atom stereocenters. The summed E-state index contributed by atoms with van der Waals surface area (Å²) in [6.07, 6.45) is 0.416. The lowest BCUT2D eigenvalue weighted by molar-refractivity contribution is -0.118. The van der Waals surface area contributed by atoms with Gasteiger partial charge in [-0.25, -0.2) is 0 Å². The molecular weight excluding hydrogens is 334 g/mol. The number of rotatable bonds is 10. The van der Waals surface area contributed by atoms with E-state index in [4.69, 9.17) is 4.74 Å². The molecule has 2 N–H and O–H groups in total. The van der Waals surface area contributed by atoms with Crippen LogP contribution in [0.3, 0.4) is 0 Å². The highest BCUT2D eigenvalue weighted by molar-refractivity contribution is 7.99. The summed E-state index contributed by atoms with van der Waals surface area (Å²) in [7, 11) is 0. The number of ether oxygens (including phenoxy) is 1. The fraction of sp³-hybridized carbons (Fsp3) is 0.350. The fourth-order valence-electron chi connectivity index (χ4n) is 2.25. The van der Waals surface area contributed by atoms with Gasteiger partial charge in [-0.3, -0.25) is 4.79 Å². The van der Waals surface area contributed by atoms with Gasteiger partial charge in [-0.2, -0.15) is 0 Å². The van der Waals surface area contributed by atoms with E-state index in [-0.39, 0.29) is 5.91 Å². The van der Waals surface area contributed by atoms with E-state index in [9.17, 15) is 9.90 Å². The number of amides is 1. The Labute approximate surface area is 153 Å². The predicted molar refractivity (Wildman–Crippen MR) is 103 cm³/mol. The normalized spacial score (nSPS) is 11.8. The lowest BCUT2D eigenvalue weighted by Crippen LogP contribution is -2.25. The van der Waals surface area contributed by atoms with Gasteiger partial charge in [-0.05, 0) is 29.7 Å². The summed E-state index contributed by atoms with van der Waals surface area (Å²) in [5, 5.41) is 13.0. The number of aliphatic hydroxyl groups is 1. The molecule has 5 heteroatoms. The SMILES string of the molecule is CCCOc1cccc(CNC(=O)CSCC(O)c2ccccc2)c1. The second kappa shape index (κ2) is 10.8. The Balaban J connectivity index is 1.68. The molecule has 1 unspecified atom stereocenters. The molecule has 134 valence electrons. The van der Waals surface area contributed by atoms with E-state index in [1.54, 1.807) is 0 Å². The summed E-state index contributed by atoms with van der Waals surface area (Å²) in [4.78, 5) is 11.9. The van der Waals surface area contributed by atoms with Gasteiger partial charge in [-0.1, -0.05) is 49.4 Å². The summed E-state index contributed by atoms with van der Waals surface area (Å²) in [5.74, 6) is 1.62. The minimum absolute atomic E-state index is 0.0369. The van der Waals surface area contributed by atoms with Crippen LogP contribution in [-0.2, 0) is 11.3 Å². The third-order valence-electron chi connectivity index (χ3n) is 3.55.